The van der Waals surface area contributed by atoms with Gasteiger partial charge < -0.3 is 10.2 Å². The number of imide groups is 1. The van der Waals surface area contributed by atoms with Crippen molar-refractivity contribution in [3.63, 3.8) is 0 Å². The Bertz CT molecular complexity index is 1000. The molecule has 1 N–H and O–H groups in total. The number of piperidine rings is 1. The Morgan fingerprint density at radius 3 is 2.23 bits per heavy atom. The molecule has 0 atom stereocenters. The van der Waals surface area contributed by atoms with Crippen LogP contribution in [0.5, 0.6) is 0 Å². The van der Waals surface area contributed by atoms with E-state index in [2.05, 4.69) is 10.2 Å². The Balaban J connectivity index is 1.36. The Morgan fingerprint density at radius 1 is 1.03 bits per heavy atom. The molecule has 0 bridgehead atoms. The van der Waals surface area contributed by atoms with E-state index in [1.165, 1.54) is 33.5 Å². The van der Waals surface area contributed by atoms with Gasteiger partial charge in [0.2, 0.25) is 10.0 Å². The van der Waals surface area contributed by atoms with Crippen LogP contribution in [0.15, 0.2) is 29.2 Å². The van der Waals surface area contributed by atoms with Crippen LogP contribution in [0.3, 0.4) is 0 Å². The van der Waals surface area contributed by atoms with E-state index in [0.717, 1.165) is 13.1 Å². The Labute approximate surface area is 182 Å². The number of rotatable bonds is 4. The van der Waals surface area contributed by atoms with Crippen molar-refractivity contribution in [1.82, 2.24) is 24.3 Å². The third kappa shape index (κ3) is 4.04. The molecule has 31 heavy (non-hydrogen) atoms. The first kappa shape index (κ1) is 21.7. The van der Waals surface area contributed by atoms with E-state index in [-0.39, 0.29) is 36.6 Å². The Kier molecular flexibility index (Phi) is 5.74. The lowest BCUT2D eigenvalue weighted by Gasteiger charge is -2.37. The van der Waals surface area contributed by atoms with Crippen LogP contribution in [0, 0.1) is 11.3 Å². The van der Waals surface area contributed by atoms with Gasteiger partial charge in [0.15, 0.2) is 0 Å². The van der Waals surface area contributed by atoms with Crippen LogP contribution < -0.4 is 5.32 Å². The summed E-state index contributed by atoms with van der Waals surface area (Å²) >= 11 is 0. The van der Waals surface area contributed by atoms with Crippen LogP contribution in [0.1, 0.15) is 18.4 Å². The van der Waals surface area contributed by atoms with Gasteiger partial charge in [-0.25, -0.2) is 18.1 Å². The maximum Gasteiger partial charge on any atom is 0.326 e. The van der Waals surface area contributed by atoms with Crippen molar-refractivity contribution in [1.29, 1.82) is 5.26 Å². The topological polar surface area (TPSA) is 117 Å². The van der Waals surface area contributed by atoms with Gasteiger partial charge >= 0.3 is 6.03 Å². The van der Waals surface area contributed by atoms with E-state index < -0.39 is 15.6 Å². The summed E-state index contributed by atoms with van der Waals surface area (Å²) in [5.41, 5.74) is -0.399. The van der Waals surface area contributed by atoms with Crippen LogP contribution in [-0.2, 0) is 14.8 Å². The third-order valence-corrected chi connectivity index (χ3v) is 8.29. The van der Waals surface area contributed by atoms with Crippen LogP contribution in [0.25, 0.3) is 0 Å². The van der Waals surface area contributed by atoms with Gasteiger partial charge in [0, 0.05) is 39.3 Å². The SMILES string of the molecule is CN1CCC2(CC1)NC(=O)N(CN1CCN(S(=O)(=O)c3ccc(C#N)cc3)CC1)C2=O. The first-order valence-corrected chi connectivity index (χ1v) is 11.7. The van der Waals surface area contributed by atoms with Gasteiger partial charge in [0.05, 0.1) is 23.2 Å². The summed E-state index contributed by atoms with van der Waals surface area (Å²) in [7, 11) is -1.66. The predicted octanol–water partition coefficient (Wildman–Crippen LogP) is -0.162. The van der Waals surface area contributed by atoms with Crippen LogP contribution >= 0.6 is 0 Å². The maximum atomic E-state index is 13.0. The summed E-state index contributed by atoms with van der Waals surface area (Å²) in [5, 5.41) is 11.8. The van der Waals surface area contributed by atoms with E-state index in [1.807, 2.05) is 18.0 Å². The van der Waals surface area contributed by atoms with Crippen molar-refractivity contribution in [2.45, 2.75) is 23.3 Å². The van der Waals surface area contributed by atoms with Crippen molar-refractivity contribution in [2.75, 3.05) is 53.0 Å². The number of nitrogens with zero attached hydrogens (tertiary/aromatic N) is 5. The lowest BCUT2D eigenvalue weighted by atomic mass is 9.88. The number of carbonyl (C=O) groups is 2. The highest BCUT2D eigenvalue weighted by Crippen LogP contribution is 2.29. The predicted molar refractivity (Wildman–Crippen MR) is 111 cm³/mol. The second-order valence-electron chi connectivity index (χ2n) is 8.35. The molecule has 0 aromatic heterocycles. The zero-order valence-corrected chi connectivity index (χ0v) is 18.3. The van der Waals surface area contributed by atoms with Gasteiger partial charge in [-0.1, -0.05) is 0 Å². The molecular weight excluding hydrogens is 420 g/mol. The number of nitrogens with one attached hydrogen (secondary N) is 1. The number of nitriles is 1. The number of urea groups is 1. The summed E-state index contributed by atoms with van der Waals surface area (Å²) in [6.45, 7) is 3.04. The van der Waals surface area contributed by atoms with Gasteiger partial charge in [0.25, 0.3) is 5.91 Å². The Hall–Kier alpha value is -2.52. The second-order valence-corrected chi connectivity index (χ2v) is 10.3. The average Bonchev–Trinajstić information content (AvgIpc) is 3.00. The number of sulfonamides is 1. The zero-order valence-electron chi connectivity index (χ0n) is 17.5. The maximum absolute atomic E-state index is 13.0. The first-order valence-electron chi connectivity index (χ1n) is 10.3. The van der Waals surface area contributed by atoms with Gasteiger partial charge in [0.1, 0.15) is 5.54 Å². The summed E-state index contributed by atoms with van der Waals surface area (Å²) in [4.78, 5) is 31.0. The van der Waals surface area contributed by atoms with Crippen molar-refractivity contribution in [3.8, 4) is 6.07 Å². The molecule has 4 rings (SSSR count). The fourth-order valence-corrected chi connectivity index (χ4v) is 5.73. The molecule has 0 saturated carbocycles. The van der Waals surface area contributed by atoms with Crippen molar-refractivity contribution >= 4 is 22.0 Å². The molecular formula is C20H26N6O4S. The number of piperazine rings is 1. The Morgan fingerprint density at radius 2 is 1.65 bits per heavy atom. The van der Waals surface area contributed by atoms with Gasteiger partial charge in [-0.05, 0) is 44.2 Å². The summed E-state index contributed by atoms with van der Waals surface area (Å²) < 4.78 is 27.1. The fourth-order valence-electron chi connectivity index (χ4n) is 4.31. The molecule has 3 fully saturated rings. The van der Waals surface area contributed by atoms with Gasteiger partial charge in [-0.2, -0.15) is 9.57 Å². The first-order chi connectivity index (χ1) is 14.7. The molecule has 11 heteroatoms. The average molecular weight is 447 g/mol. The molecule has 166 valence electrons. The fraction of sp³-hybridized carbons (Fsp3) is 0.550. The number of hydrogen-bond donors (Lipinski definition) is 1. The molecule has 3 heterocycles. The smallest absolute Gasteiger partial charge is 0.323 e. The highest BCUT2D eigenvalue weighted by atomic mass is 32.2. The minimum atomic E-state index is -3.65. The largest absolute Gasteiger partial charge is 0.326 e. The van der Waals surface area contributed by atoms with E-state index in [0.29, 0.717) is 31.5 Å². The number of hydrogen-bond acceptors (Lipinski definition) is 7. The summed E-state index contributed by atoms with van der Waals surface area (Å²) in [5.74, 6) is -0.182. The molecule has 1 spiro atoms. The van der Waals surface area contributed by atoms with E-state index in [9.17, 15) is 18.0 Å². The number of benzene rings is 1. The number of likely N-dealkylation sites (tertiary alicyclic amines) is 1. The molecule has 1 aromatic rings. The van der Waals surface area contributed by atoms with Crippen LogP contribution in [0.4, 0.5) is 4.79 Å². The summed E-state index contributed by atoms with van der Waals surface area (Å²) in [6, 6.07) is 7.45. The standard InChI is InChI=1S/C20H26N6O4S/c1-23-8-6-20(7-9-23)18(27)26(19(28)22-20)15-24-10-12-25(13-11-24)31(29,30)17-4-2-16(14-21)3-5-17/h2-5H,6-13,15H2,1H3,(H,22,28). The van der Waals surface area contributed by atoms with Crippen molar-refractivity contribution in [2.24, 2.45) is 0 Å². The van der Waals surface area contributed by atoms with Crippen molar-refractivity contribution < 1.29 is 18.0 Å². The molecule has 10 nitrogen and oxygen atoms in total. The normalized spacial score (nSPS) is 23.2. The van der Waals surface area contributed by atoms with Crippen molar-refractivity contribution in [3.05, 3.63) is 29.8 Å². The molecule has 3 aliphatic rings. The minimum absolute atomic E-state index is 0.151. The second kappa shape index (κ2) is 8.20. The molecule has 0 radical (unpaired) electrons. The molecule has 0 aliphatic carbocycles. The van der Waals surface area contributed by atoms with Crippen LogP contribution in [-0.4, -0.2) is 97.9 Å². The molecule has 3 amide bonds. The van der Waals surface area contributed by atoms with E-state index in [4.69, 9.17) is 5.26 Å². The van der Waals surface area contributed by atoms with Crippen LogP contribution in [0.2, 0.25) is 0 Å². The number of carbonyl (C=O) groups excluding carboxylic acids is 2. The molecule has 1 aromatic carbocycles. The lowest BCUT2D eigenvalue weighted by Crippen LogP contribution is -2.55. The highest BCUT2D eigenvalue weighted by Gasteiger charge is 2.52. The highest BCUT2D eigenvalue weighted by molar-refractivity contribution is 7.89. The molecule has 0 unspecified atom stereocenters. The quantitative estimate of drug-likeness (QED) is 0.639. The van der Waals surface area contributed by atoms with Gasteiger partial charge in [-0.15, -0.1) is 0 Å². The molecule has 3 aliphatic heterocycles. The molecule has 3 saturated heterocycles. The summed E-state index contributed by atoms with van der Waals surface area (Å²) in [6.07, 6.45) is 1.20. The zero-order chi connectivity index (χ0) is 22.2. The van der Waals surface area contributed by atoms with E-state index >= 15 is 0 Å². The lowest BCUT2D eigenvalue weighted by molar-refractivity contribution is -0.134. The third-order valence-electron chi connectivity index (χ3n) is 6.38. The monoisotopic (exact) mass is 446 g/mol. The minimum Gasteiger partial charge on any atom is -0.323 e. The van der Waals surface area contributed by atoms with E-state index in [1.54, 1.807) is 0 Å². The van der Waals surface area contributed by atoms with Gasteiger partial charge in [-0.3, -0.25) is 9.69 Å². The number of amides is 3.